The van der Waals surface area contributed by atoms with Gasteiger partial charge >= 0.3 is 18.4 Å². The second-order valence-electron chi connectivity index (χ2n) is 9.05. The lowest BCUT2D eigenvalue weighted by Crippen LogP contribution is -2.40. The molecule has 1 N–H and O–H groups in total. The van der Waals surface area contributed by atoms with Crippen molar-refractivity contribution in [2.75, 3.05) is 26.8 Å². The predicted octanol–water partition coefficient (Wildman–Crippen LogP) is 4.71. The van der Waals surface area contributed by atoms with Gasteiger partial charge in [-0.25, -0.2) is 9.59 Å². The second kappa shape index (κ2) is 11.7. The summed E-state index contributed by atoms with van der Waals surface area (Å²) in [6.07, 6.45) is -3.95. The Kier molecular flexibility index (Phi) is 8.90. The summed E-state index contributed by atoms with van der Waals surface area (Å²) in [5, 5.41) is 9.47. The van der Waals surface area contributed by atoms with Crippen LogP contribution >= 0.6 is 0 Å². The van der Waals surface area contributed by atoms with Crippen molar-refractivity contribution in [1.82, 2.24) is 9.80 Å². The van der Waals surface area contributed by atoms with Crippen molar-refractivity contribution in [1.29, 1.82) is 0 Å². The molecule has 2 amide bonds. The summed E-state index contributed by atoms with van der Waals surface area (Å²) in [5.74, 6) is -0.706. The van der Waals surface area contributed by atoms with Crippen LogP contribution in [0.3, 0.4) is 0 Å². The van der Waals surface area contributed by atoms with Gasteiger partial charge in [0, 0.05) is 39.6 Å². The van der Waals surface area contributed by atoms with Gasteiger partial charge < -0.3 is 29.1 Å². The molecule has 11 heteroatoms. The van der Waals surface area contributed by atoms with Crippen LogP contribution in [-0.4, -0.2) is 71.7 Å². The van der Waals surface area contributed by atoms with Crippen LogP contribution in [-0.2, 0) is 22.5 Å². The Hall–Kier alpha value is -3.47. The zero-order valence-corrected chi connectivity index (χ0v) is 21.0. The van der Waals surface area contributed by atoms with Crippen molar-refractivity contribution in [3.63, 3.8) is 0 Å². The number of rotatable bonds is 12. The van der Waals surface area contributed by atoms with Crippen molar-refractivity contribution in [3.8, 4) is 11.5 Å². The topological polar surface area (TPSA) is 88.5 Å². The van der Waals surface area contributed by atoms with Gasteiger partial charge in [-0.2, -0.15) is 0 Å². The van der Waals surface area contributed by atoms with Crippen LogP contribution in [0.25, 0.3) is 0 Å². The molecule has 1 saturated heterocycles. The number of carbonyl (C=O) groups excluding carboxylic acids is 1. The van der Waals surface area contributed by atoms with E-state index in [1.807, 2.05) is 0 Å². The van der Waals surface area contributed by atoms with Gasteiger partial charge in [0.15, 0.2) is 5.60 Å². The molecule has 0 aromatic heterocycles. The van der Waals surface area contributed by atoms with Gasteiger partial charge in [-0.05, 0) is 49.2 Å². The van der Waals surface area contributed by atoms with E-state index in [9.17, 15) is 27.9 Å². The number of carboxylic acid groups (broad SMARTS) is 1. The number of benzene rings is 2. The van der Waals surface area contributed by atoms with Crippen molar-refractivity contribution in [3.05, 3.63) is 59.7 Å². The first-order chi connectivity index (χ1) is 17.4. The van der Waals surface area contributed by atoms with Gasteiger partial charge in [0.2, 0.25) is 0 Å². The third kappa shape index (κ3) is 7.75. The third-order valence-electron chi connectivity index (χ3n) is 6.18. The fourth-order valence-corrected chi connectivity index (χ4v) is 4.18. The molecule has 2 unspecified atom stereocenters. The molecule has 1 aliphatic rings. The van der Waals surface area contributed by atoms with Gasteiger partial charge in [-0.15, -0.1) is 13.2 Å². The maximum absolute atomic E-state index is 12.6. The highest BCUT2D eigenvalue weighted by atomic mass is 19.4. The first-order valence-electron chi connectivity index (χ1n) is 11.9. The van der Waals surface area contributed by atoms with E-state index in [1.54, 1.807) is 55.0 Å². The van der Waals surface area contributed by atoms with Gasteiger partial charge in [0.25, 0.3) is 0 Å². The van der Waals surface area contributed by atoms with E-state index in [0.717, 1.165) is 5.56 Å². The molecule has 202 valence electrons. The van der Waals surface area contributed by atoms with Crippen LogP contribution in [0.5, 0.6) is 11.5 Å². The average Bonchev–Trinajstić information content (AvgIpc) is 3.08. The van der Waals surface area contributed by atoms with Gasteiger partial charge in [-0.3, -0.25) is 0 Å². The van der Waals surface area contributed by atoms with Crippen LogP contribution in [0, 0.1) is 0 Å². The molecule has 0 saturated carbocycles. The summed E-state index contributed by atoms with van der Waals surface area (Å²) in [4.78, 5) is 27.5. The van der Waals surface area contributed by atoms with Crippen LogP contribution < -0.4 is 9.47 Å². The van der Waals surface area contributed by atoms with E-state index in [4.69, 9.17) is 9.47 Å². The number of carboxylic acids is 1. The number of ether oxygens (including phenoxy) is 3. The Morgan fingerprint density at radius 3 is 2.22 bits per heavy atom. The van der Waals surface area contributed by atoms with Crippen LogP contribution in [0.2, 0.25) is 0 Å². The number of aliphatic carboxylic acids is 1. The summed E-state index contributed by atoms with van der Waals surface area (Å²) >= 11 is 0. The maximum Gasteiger partial charge on any atom is 0.573 e. The first-order valence-corrected chi connectivity index (χ1v) is 11.9. The standard InChI is InChI=1S/C26H31F3N2O6/c1-4-36-25(2,23(32)33)15-18-5-9-21(10-6-18)35-14-13-20-17-31(24(34)30(20)3)16-19-7-11-22(12-8-19)37-26(27,28)29/h5-12,20H,4,13-17H2,1-3H3,(H,32,33). The van der Waals surface area contributed by atoms with Crippen molar-refractivity contribution < 1.29 is 42.1 Å². The molecule has 8 nitrogen and oxygen atoms in total. The van der Waals surface area contributed by atoms with Crippen LogP contribution in [0.4, 0.5) is 18.0 Å². The van der Waals surface area contributed by atoms with Crippen molar-refractivity contribution in [2.24, 2.45) is 0 Å². The lowest BCUT2D eigenvalue weighted by Gasteiger charge is -2.24. The first kappa shape index (κ1) is 28.1. The van der Waals surface area contributed by atoms with Crippen LogP contribution in [0.15, 0.2) is 48.5 Å². The van der Waals surface area contributed by atoms with Crippen LogP contribution in [0.1, 0.15) is 31.4 Å². The number of urea groups is 1. The zero-order valence-electron chi connectivity index (χ0n) is 21.0. The maximum atomic E-state index is 12.6. The second-order valence-corrected chi connectivity index (χ2v) is 9.05. The summed E-state index contributed by atoms with van der Waals surface area (Å²) in [5.41, 5.74) is 0.193. The number of hydrogen-bond acceptors (Lipinski definition) is 5. The number of likely N-dealkylation sites (N-methyl/N-ethyl adjacent to an activating group) is 1. The fraction of sp³-hybridized carbons (Fsp3) is 0.462. The van der Waals surface area contributed by atoms with E-state index in [2.05, 4.69) is 4.74 Å². The van der Waals surface area contributed by atoms with E-state index in [1.165, 1.54) is 24.3 Å². The van der Waals surface area contributed by atoms with E-state index < -0.39 is 17.9 Å². The minimum Gasteiger partial charge on any atom is -0.494 e. The highest BCUT2D eigenvalue weighted by Crippen LogP contribution is 2.25. The quantitative estimate of drug-likeness (QED) is 0.433. The van der Waals surface area contributed by atoms with Gasteiger partial charge in [0.1, 0.15) is 11.5 Å². The smallest absolute Gasteiger partial charge is 0.494 e. The SMILES string of the molecule is CCOC(C)(Cc1ccc(OCCC2CN(Cc3ccc(OC(F)(F)F)cc3)C(=O)N2C)cc1)C(=O)O. The number of nitrogens with zero attached hydrogens (tertiary/aromatic N) is 2. The number of carbonyl (C=O) groups is 2. The number of halogens is 3. The summed E-state index contributed by atoms with van der Waals surface area (Å²) in [7, 11) is 1.71. The Labute approximate surface area is 213 Å². The molecular formula is C26H31F3N2O6. The molecule has 0 bridgehead atoms. The summed E-state index contributed by atoms with van der Waals surface area (Å²) in [6.45, 7) is 4.69. The lowest BCUT2D eigenvalue weighted by atomic mass is 9.96. The zero-order chi connectivity index (χ0) is 27.2. The third-order valence-corrected chi connectivity index (χ3v) is 6.18. The predicted molar refractivity (Wildman–Crippen MR) is 128 cm³/mol. The molecule has 2 aromatic carbocycles. The summed E-state index contributed by atoms with van der Waals surface area (Å²) in [6, 6.07) is 12.3. The summed E-state index contributed by atoms with van der Waals surface area (Å²) < 4.78 is 52.1. The molecule has 0 radical (unpaired) electrons. The van der Waals surface area contributed by atoms with Crippen molar-refractivity contribution in [2.45, 2.75) is 51.2 Å². The molecule has 0 spiro atoms. The fourth-order valence-electron chi connectivity index (χ4n) is 4.18. The lowest BCUT2D eigenvalue weighted by molar-refractivity contribution is -0.274. The van der Waals surface area contributed by atoms with E-state index in [0.29, 0.717) is 37.5 Å². The average molecular weight is 525 g/mol. The molecule has 3 rings (SSSR count). The van der Waals surface area contributed by atoms with E-state index in [-0.39, 0.29) is 30.8 Å². The normalized spacial score (nSPS) is 17.6. The number of amides is 2. The molecule has 2 atom stereocenters. The van der Waals surface area contributed by atoms with Gasteiger partial charge in [-0.1, -0.05) is 24.3 Å². The molecule has 1 heterocycles. The van der Waals surface area contributed by atoms with Crippen molar-refractivity contribution >= 4 is 12.0 Å². The molecule has 37 heavy (non-hydrogen) atoms. The Morgan fingerprint density at radius 1 is 1.05 bits per heavy atom. The molecule has 2 aromatic rings. The molecule has 1 fully saturated rings. The molecule has 0 aliphatic carbocycles. The Morgan fingerprint density at radius 2 is 1.65 bits per heavy atom. The molecule has 1 aliphatic heterocycles. The monoisotopic (exact) mass is 524 g/mol. The highest BCUT2D eigenvalue weighted by molar-refractivity contribution is 5.77. The number of alkyl halides is 3. The van der Waals surface area contributed by atoms with Gasteiger partial charge in [0.05, 0.1) is 12.6 Å². The minimum atomic E-state index is -4.75. The molecular weight excluding hydrogens is 493 g/mol. The highest BCUT2D eigenvalue weighted by Gasteiger charge is 2.35. The Bertz CT molecular complexity index is 1060. The Balaban J connectivity index is 1.48. The number of hydrogen-bond donors (Lipinski definition) is 1. The largest absolute Gasteiger partial charge is 0.573 e. The van der Waals surface area contributed by atoms with E-state index >= 15 is 0 Å². The minimum absolute atomic E-state index is 0.0814.